The van der Waals surface area contributed by atoms with Crippen LogP contribution in [0.25, 0.3) is 0 Å². The van der Waals surface area contributed by atoms with E-state index in [1.54, 1.807) is 13.3 Å². The summed E-state index contributed by atoms with van der Waals surface area (Å²) in [6, 6.07) is 0. The SMILES string of the molecule is CCC[CH2][Sn]([CH2]CCC)([CH2]CCC)[CH2][C@H](C)C[C@H](O)C(C)C. The quantitative estimate of drug-likeness (QED) is 0.305. The molecule has 0 saturated carbocycles. The van der Waals surface area contributed by atoms with Crippen molar-refractivity contribution >= 4 is 18.4 Å². The second-order valence-corrected chi connectivity index (χ2v) is 22.2. The van der Waals surface area contributed by atoms with Crippen molar-refractivity contribution in [2.24, 2.45) is 11.8 Å². The molecule has 0 spiro atoms. The first-order valence-electron chi connectivity index (χ1n) is 10.1. The van der Waals surface area contributed by atoms with Gasteiger partial charge in [-0.25, -0.2) is 0 Å². The fourth-order valence-electron chi connectivity index (χ4n) is 3.84. The molecule has 0 heterocycles. The Kier molecular flexibility index (Phi) is 13.5. The first-order chi connectivity index (χ1) is 10.4. The van der Waals surface area contributed by atoms with Gasteiger partial charge in [0.05, 0.1) is 0 Å². The molecule has 1 N–H and O–H groups in total. The molecule has 2 atom stereocenters. The molecular weight excluding hydrogens is 375 g/mol. The van der Waals surface area contributed by atoms with Crippen molar-refractivity contribution in [3.63, 3.8) is 0 Å². The monoisotopic (exact) mass is 420 g/mol. The Balaban J connectivity index is 4.82. The van der Waals surface area contributed by atoms with E-state index in [4.69, 9.17) is 0 Å². The van der Waals surface area contributed by atoms with Crippen LogP contribution in [-0.4, -0.2) is 29.6 Å². The fourth-order valence-corrected chi connectivity index (χ4v) is 21.9. The van der Waals surface area contributed by atoms with Gasteiger partial charge in [0.15, 0.2) is 0 Å². The predicted octanol–water partition coefficient (Wildman–Crippen LogP) is 6.88. The van der Waals surface area contributed by atoms with Crippen LogP contribution in [0.2, 0.25) is 17.7 Å². The second kappa shape index (κ2) is 13.1. The molecule has 0 amide bonds. The summed E-state index contributed by atoms with van der Waals surface area (Å²) in [4.78, 5) is 0. The molecule has 0 saturated heterocycles. The molecule has 0 aliphatic rings. The Bertz CT molecular complexity index is 230. The van der Waals surface area contributed by atoms with E-state index < -0.39 is 18.4 Å². The Morgan fingerprint density at radius 2 is 1.18 bits per heavy atom. The Hall–Kier alpha value is 0.759. The molecular formula is C20H44OSn. The number of rotatable bonds is 14. The maximum atomic E-state index is 10.2. The van der Waals surface area contributed by atoms with Crippen LogP contribution in [0.4, 0.5) is 0 Å². The molecule has 0 fully saturated rings. The van der Waals surface area contributed by atoms with Crippen molar-refractivity contribution in [3.8, 4) is 0 Å². The summed E-state index contributed by atoms with van der Waals surface area (Å²) in [7, 11) is 0. The van der Waals surface area contributed by atoms with Gasteiger partial charge in [-0.2, -0.15) is 0 Å². The van der Waals surface area contributed by atoms with Crippen molar-refractivity contribution in [3.05, 3.63) is 0 Å². The molecule has 0 bridgehead atoms. The predicted molar refractivity (Wildman–Crippen MR) is 104 cm³/mol. The molecule has 0 aliphatic carbocycles. The van der Waals surface area contributed by atoms with Crippen molar-refractivity contribution in [2.45, 2.75) is 110 Å². The van der Waals surface area contributed by atoms with Gasteiger partial charge in [-0.3, -0.25) is 0 Å². The second-order valence-electron chi connectivity index (χ2n) is 8.17. The number of aliphatic hydroxyl groups is 1. The summed E-state index contributed by atoms with van der Waals surface area (Å²) >= 11 is -1.99. The van der Waals surface area contributed by atoms with Crippen LogP contribution in [0, 0.1) is 11.8 Å². The van der Waals surface area contributed by atoms with Gasteiger partial charge in [0.2, 0.25) is 0 Å². The Labute approximate surface area is 145 Å². The summed E-state index contributed by atoms with van der Waals surface area (Å²) in [5.41, 5.74) is 0. The van der Waals surface area contributed by atoms with Crippen LogP contribution >= 0.6 is 0 Å². The maximum absolute atomic E-state index is 10.2. The van der Waals surface area contributed by atoms with E-state index in [-0.39, 0.29) is 6.10 Å². The summed E-state index contributed by atoms with van der Waals surface area (Å²) in [5, 5.41) is 10.2. The summed E-state index contributed by atoms with van der Waals surface area (Å²) < 4.78 is 6.34. The number of aliphatic hydroxyl groups excluding tert-OH is 1. The fraction of sp³-hybridized carbons (Fsp3) is 1.00. The molecule has 0 aliphatic heterocycles. The minimum atomic E-state index is -1.99. The molecule has 0 unspecified atom stereocenters. The zero-order chi connectivity index (χ0) is 17.0. The van der Waals surface area contributed by atoms with Crippen LogP contribution in [0.5, 0.6) is 0 Å². The van der Waals surface area contributed by atoms with Crippen LogP contribution < -0.4 is 0 Å². The van der Waals surface area contributed by atoms with Gasteiger partial charge in [0, 0.05) is 0 Å². The zero-order valence-electron chi connectivity index (χ0n) is 16.5. The third kappa shape index (κ3) is 9.80. The molecule has 0 rings (SSSR count). The Morgan fingerprint density at radius 3 is 1.50 bits per heavy atom. The summed E-state index contributed by atoms with van der Waals surface area (Å²) in [5.74, 6) is 1.15. The van der Waals surface area contributed by atoms with E-state index in [2.05, 4.69) is 41.5 Å². The number of hydrogen-bond donors (Lipinski definition) is 1. The van der Waals surface area contributed by atoms with Crippen LogP contribution in [0.3, 0.4) is 0 Å². The van der Waals surface area contributed by atoms with E-state index in [1.165, 1.54) is 43.0 Å². The van der Waals surface area contributed by atoms with E-state index in [1.807, 2.05) is 0 Å². The van der Waals surface area contributed by atoms with E-state index in [0.717, 1.165) is 12.3 Å². The molecule has 0 radical (unpaired) electrons. The van der Waals surface area contributed by atoms with Crippen LogP contribution in [0.1, 0.15) is 86.5 Å². The van der Waals surface area contributed by atoms with Crippen molar-refractivity contribution < 1.29 is 5.11 Å². The molecule has 1 nitrogen and oxygen atoms in total. The molecule has 0 aromatic rings. The summed E-state index contributed by atoms with van der Waals surface area (Å²) in [6.45, 7) is 13.8. The molecule has 0 aromatic heterocycles. The molecule has 22 heavy (non-hydrogen) atoms. The topological polar surface area (TPSA) is 20.2 Å². The summed E-state index contributed by atoms with van der Waals surface area (Å²) in [6.07, 6.45) is 9.40. The van der Waals surface area contributed by atoms with Gasteiger partial charge in [0.1, 0.15) is 0 Å². The average Bonchev–Trinajstić information content (AvgIpc) is 2.48. The third-order valence-corrected chi connectivity index (χ3v) is 21.9. The standard InChI is InChI=1S/C8H17O.3C4H9.Sn/c1-6(2)5-8(9)7(3)4;3*1-3-4-2;/h6-9H,1,5H2,2-4H3;3*1,3-4H2,2H3;/t6-,8+;;;;/m1..../s1. The van der Waals surface area contributed by atoms with Crippen molar-refractivity contribution in [1.29, 1.82) is 0 Å². The zero-order valence-corrected chi connectivity index (χ0v) is 19.3. The van der Waals surface area contributed by atoms with Gasteiger partial charge in [-0.1, -0.05) is 0 Å². The van der Waals surface area contributed by atoms with E-state index >= 15 is 0 Å². The molecule has 2 heteroatoms. The van der Waals surface area contributed by atoms with Crippen LogP contribution in [-0.2, 0) is 0 Å². The van der Waals surface area contributed by atoms with Crippen LogP contribution in [0.15, 0.2) is 0 Å². The van der Waals surface area contributed by atoms with Gasteiger partial charge in [0.25, 0.3) is 0 Å². The van der Waals surface area contributed by atoms with Gasteiger partial charge in [-0.15, -0.1) is 0 Å². The van der Waals surface area contributed by atoms with Crippen molar-refractivity contribution in [1.82, 2.24) is 0 Å². The molecule has 134 valence electrons. The van der Waals surface area contributed by atoms with Gasteiger partial charge < -0.3 is 0 Å². The molecule has 0 aromatic carbocycles. The van der Waals surface area contributed by atoms with Gasteiger partial charge >= 0.3 is 146 Å². The van der Waals surface area contributed by atoms with E-state index in [0.29, 0.717) is 5.92 Å². The first kappa shape index (κ1) is 22.8. The first-order valence-corrected chi connectivity index (χ1v) is 18.2. The van der Waals surface area contributed by atoms with E-state index in [9.17, 15) is 5.11 Å². The normalized spacial score (nSPS) is 15.3. The van der Waals surface area contributed by atoms with Gasteiger partial charge in [-0.05, 0) is 0 Å². The Morgan fingerprint density at radius 1 is 0.773 bits per heavy atom. The average molecular weight is 419 g/mol. The number of hydrogen-bond acceptors (Lipinski definition) is 1. The van der Waals surface area contributed by atoms with Crippen molar-refractivity contribution in [2.75, 3.05) is 0 Å². The minimum absolute atomic E-state index is 0.0949. The third-order valence-electron chi connectivity index (χ3n) is 5.38. The number of unbranched alkanes of at least 4 members (excludes halogenated alkanes) is 3.